The monoisotopic (exact) mass is 461 g/mol. The third-order valence-electron chi connectivity index (χ3n) is 4.25. The van der Waals surface area contributed by atoms with Crippen LogP contribution in [0, 0.1) is 0 Å². The summed E-state index contributed by atoms with van der Waals surface area (Å²) in [6.07, 6.45) is 1.03. The van der Waals surface area contributed by atoms with E-state index in [9.17, 15) is 0 Å². The third-order valence-corrected chi connectivity index (χ3v) is 7.29. The molecule has 0 saturated heterocycles. The standard InChI is InChI=1S/C20H20ClN5S3/c1-25(2)10-4-11-26-18(17-5-3-12-27-17)23-24-19(26)29-20-22-16(13-28-20)14-6-8-15(21)9-7-14/h3,5-9,12-13H,4,10-11H2,1-2H3. The van der Waals surface area contributed by atoms with E-state index in [1.54, 1.807) is 34.4 Å². The van der Waals surface area contributed by atoms with E-state index in [1.165, 1.54) is 0 Å². The Labute approximate surface area is 187 Å². The Hall–Kier alpha value is -1.71. The first-order chi connectivity index (χ1) is 14.1. The van der Waals surface area contributed by atoms with Crippen molar-refractivity contribution in [1.29, 1.82) is 0 Å². The van der Waals surface area contributed by atoms with Gasteiger partial charge in [0.05, 0.1) is 10.6 Å². The van der Waals surface area contributed by atoms with Crippen molar-refractivity contribution in [2.24, 2.45) is 0 Å². The van der Waals surface area contributed by atoms with E-state index in [1.807, 2.05) is 30.3 Å². The summed E-state index contributed by atoms with van der Waals surface area (Å²) in [5.74, 6) is 0.927. The van der Waals surface area contributed by atoms with Gasteiger partial charge < -0.3 is 9.47 Å². The minimum Gasteiger partial charge on any atom is -0.309 e. The third kappa shape index (κ3) is 5.07. The summed E-state index contributed by atoms with van der Waals surface area (Å²) in [7, 11) is 4.19. The van der Waals surface area contributed by atoms with Crippen LogP contribution in [0.15, 0.2) is 56.7 Å². The number of aromatic nitrogens is 4. The molecule has 0 saturated carbocycles. The Morgan fingerprint density at radius 1 is 1.10 bits per heavy atom. The summed E-state index contributed by atoms with van der Waals surface area (Å²) < 4.78 is 3.16. The first-order valence-electron chi connectivity index (χ1n) is 9.11. The van der Waals surface area contributed by atoms with Crippen LogP contribution in [0.2, 0.25) is 5.02 Å². The van der Waals surface area contributed by atoms with Crippen LogP contribution in [-0.4, -0.2) is 45.3 Å². The van der Waals surface area contributed by atoms with Crippen LogP contribution in [0.3, 0.4) is 0 Å². The van der Waals surface area contributed by atoms with Crippen molar-refractivity contribution >= 4 is 46.0 Å². The van der Waals surface area contributed by atoms with Crippen LogP contribution in [0.1, 0.15) is 6.42 Å². The average molecular weight is 462 g/mol. The predicted molar refractivity (Wildman–Crippen MR) is 123 cm³/mol. The highest BCUT2D eigenvalue weighted by Crippen LogP contribution is 2.35. The van der Waals surface area contributed by atoms with Crippen molar-refractivity contribution in [1.82, 2.24) is 24.6 Å². The van der Waals surface area contributed by atoms with E-state index in [0.29, 0.717) is 0 Å². The van der Waals surface area contributed by atoms with E-state index in [0.717, 1.165) is 56.0 Å². The molecule has 4 rings (SSSR count). The zero-order valence-corrected chi connectivity index (χ0v) is 19.3. The molecule has 0 spiro atoms. The predicted octanol–water partition coefficient (Wildman–Crippen LogP) is 5.89. The van der Waals surface area contributed by atoms with Gasteiger partial charge in [0.1, 0.15) is 0 Å². The maximum atomic E-state index is 5.99. The highest BCUT2D eigenvalue weighted by atomic mass is 35.5. The molecule has 0 bridgehead atoms. The molecule has 0 amide bonds. The van der Waals surface area contributed by atoms with Gasteiger partial charge >= 0.3 is 0 Å². The lowest BCUT2D eigenvalue weighted by atomic mass is 10.2. The van der Waals surface area contributed by atoms with Gasteiger partial charge in [-0.2, -0.15) is 0 Å². The molecule has 0 atom stereocenters. The van der Waals surface area contributed by atoms with Gasteiger partial charge in [0.15, 0.2) is 15.3 Å². The van der Waals surface area contributed by atoms with E-state index in [4.69, 9.17) is 16.6 Å². The van der Waals surface area contributed by atoms with Crippen LogP contribution in [0.4, 0.5) is 0 Å². The fourth-order valence-electron chi connectivity index (χ4n) is 2.83. The number of hydrogen-bond acceptors (Lipinski definition) is 7. The first kappa shape index (κ1) is 20.6. The lowest BCUT2D eigenvalue weighted by molar-refractivity contribution is 0.383. The molecule has 0 N–H and O–H groups in total. The topological polar surface area (TPSA) is 46.8 Å². The van der Waals surface area contributed by atoms with Crippen molar-refractivity contribution in [3.8, 4) is 22.0 Å². The van der Waals surface area contributed by atoms with Crippen molar-refractivity contribution < 1.29 is 0 Å². The van der Waals surface area contributed by atoms with Crippen LogP contribution in [0.25, 0.3) is 22.0 Å². The maximum Gasteiger partial charge on any atom is 0.198 e. The van der Waals surface area contributed by atoms with E-state index >= 15 is 0 Å². The van der Waals surface area contributed by atoms with Crippen molar-refractivity contribution in [3.63, 3.8) is 0 Å². The largest absolute Gasteiger partial charge is 0.309 e. The van der Waals surface area contributed by atoms with E-state index < -0.39 is 0 Å². The van der Waals surface area contributed by atoms with Crippen molar-refractivity contribution in [2.75, 3.05) is 20.6 Å². The van der Waals surface area contributed by atoms with Gasteiger partial charge in [-0.3, -0.25) is 0 Å². The Morgan fingerprint density at radius 3 is 2.66 bits per heavy atom. The zero-order valence-electron chi connectivity index (χ0n) is 16.1. The lowest BCUT2D eigenvalue weighted by Crippen LogP contribution is -2.15. The summed E-state index contributed by atoms with van der Waals surface area (Å²) in [6, 6.07) is 11.9. The van der Waals surface area contributed by atoms with Gasteiger partial charge in [-0.15, -0.1) is 32.9 Å². The summed E-state index contributed by atoms with van der Waals surface area (Å²) >= 11 is 10.9. The van der Waals surface area contributed by atoms with Crippen molar-refractivity contribution in [2.45, 2.75) is 22.5 Å². The number of hydrogen-bond donors (Lipinski definition) is 0. The number of rotatable bonds is 8. The molecule has 3 aromatic heterocycles. The molecule has 0 aliphatic heterocycles. The van der Waals surface area contributed by atoms with Crippen molar-refractivity contribution in [3.05, 3.63) is 52.2 Å². The molecule has 150 valence electrons. The molecule has 0 aliphatic carbocycles. The highest BCUT2D eigenvalue weighted by Gasteiger charge is 2.17. The normalized spacial score (nSPS) is 11.4. The maximum absolute atomic E-state index is 5.99. The fraction of sp³-hybridized carbons (Fsp3) is 0.250. The van der Waals surface area contributed by atoms with Gasteiger partial charge in [0.25, 0.3) is 0 Å². The summed E-state index contributed by atoms with van der Waals surface area (Å²) in [4.78, 5) is 8.11. The molecular weight excluding hydrogens is 442 g/mol. The molecule has 4 aromatic rings. The Balaban J connectivity index is 1.57. The number of thiazole rings is 1. The molecule has 0 unspecified atom stereocenters. The molecule has 5 nitrogen and oxygen atoms in total. The van der Waals surface area contributed by atoms with E-state index in [2.05, 4.69) is 50.6 Å². The fourth-order valence-corrected chi connectivity index (χ4v) is 5.46. The minimum atomic E-state index is 0.727. The van der Waals surface area contributed by atoms with Gasteiger partial charge in [-0.05, 0) is 62.4 Å². The highest BCUT2D eigenvalue weighted by molar-refractivity contribution is 8.00. The van der Waals surface area contributed by atoms with Crippen LogP contribution in [0.5, 0.6) is 0 Å². The molecule has 0 fully saturated rings. The number of thiophene rings is 1. The zero-order chi connectivity index (χ0) is 20.2. The second-order valence-electron chi connectivity index (χ2n) is 6.70. The molecule has 9 heteroatoms. The molecule has 0 radical (unpaired) electrons. The number of nitrogens with zero attached hydrogens (tertiary/aromatic N) is 5. The Morgan fingerprint density at radius 2 is 1.93 bits per heavy atom. The number of halogens is 1. The minimum absolute atomic E-state index is 0.727. The molecule has 0 aliphatic rings. The second kappa shape index (κ2) is 9.40. The summed E-state index contributed by atoms with van der Waals surface area (Å²) in [5, 5.41) is 14.7. The lowest BCUT2D eigenvalue weighted by Gasteiger charge is -2.12. The van der Waals surface area contributed by atoms with Gasteiger partial charge in [-0.1, -0.05) is 29.8 Å². The molecular formula is C20H20ClN5S3. The molecule has 29 heavy (non-hydrogen) atoms. The summed E-state index contributed by atoms with van der Waals surface area (Å²) in [6.45, 7) is 1.89. The second-order valence-corrected chi connectivity index (χ2v) is 10.2. The smallest absolute Gasteiger partial charge is 0.198 e. The molecule has 1 aromatic carbocycles. The van der Waals surface area contributed by atoms with Crippen LogP contribution < -0.4 is 0 Å². The van der Waals surface area contributed by atoms with Gasteiger partial charge in [-0.25, -0.2) is 4.98 Å². The summed E-state index contributed by atoms with van der Waals surface area (Å²) in [5.41, 5.74) is 2.01. The Bertz CT molecular complexity index is 1050. The quantitative estimate of drug-likeness (QED) is 0.327. The number of benzene rings is 1. The van der Waals surface area contributed by atoms with Crippen LogP contribution in [-0.2, 0) is 6.54 Å². The molecule has 3 heterocycles. The van der Waals surface area contributed by atoms with Gasteiger partial charge in [0, 0.05) is 22.5 Å². The van der Waals surface area contributed by atoms with E-state index in [-0.39, 0.29) is 0 Å². The SMILES string of the molecule is CN(C)CCCn1c(Sc2nc(-c3ccc(Cl)cc3)cs2)nnc1-c1cccs1. The average Bonchev–Trinajstić information content (AvgIpc) is 3.44. The van der Waals surface area contributed by atoms with Gasteiger partial charge in [0.2, 0.25) is 0 Å². The Kier molecular flexibility index (Phi) is 6.67. The van der Waals surface area contributed by atoms with Crippen LogP contribution >= 0.6 is 46.0 Å². The first-order valence-corrected chi connectivity index (χ1v) is 12.1.